The molecule has 0 fully saturated rings. The van der Waals surface area contributed by atoms with Crippen molar-refractivity contribution in [3.63, 3.8) is 0 Å². The minimum atomic E-state index is 0.689. The SMILES string of the molecule is COc1cccc(NCc2cn3cccc(C)c3n2)c1. The number of aromatic nitrogens is 2. The molecule has 0 aliphatic rings. The number of fused-ring (bicyclic) bond motifs is 1. The number of benzene rings is 1. The third kappa shape index (κ3) is 2.45. The van der Waals surface area contributed by atoms with Gasteiger partial charge in [-0.05, 0) is 30.7 Å². The third-order valence-corrected chi connectivity index (χ3v) is 3.27. The van der Waals surface area contributed by atoms with Gasteiger partial charge in [0, 0.05) is 24.1 Å². The first-order chi connectivity index (χ1) is 9.76. The number of anilines is 1. The Bertz CT molecular complexity index is 733. The van der Waals surface area contributed by atoms with Crippen molar-refractivity contribution in [1.29, 1.82) is 0 Å². The molecule has 2 heterocycles. The maximum Gasteiger partial charge on any atom is 0.140 e. The molecule has 0 atom stereocenters. The fraction of sp³-hybridized carbons (Fsp3) is 0.188. The van der Waals surface area contributed by atoms with Gasteiger partial charge in [-0.15, -0.1) is 0 Å². The second kappa shape index (κ2) is 5.25. The van der Waals surface area contributed by atoms with Crippen LogP contribution in [0.15, 0.2) is 48.8 Å². The van der Waals surface area contributed by atoms with Crippen LogP contribution in [0.4, 0.5) is 5.69 Å². The van der Waals surface area contributed by atoms with Crippen LogP contribution in [-0.2, 0) is 6.54 Å². The summed E-state index contributed by atoms with van der Waals surface area (Å²) >= 11 is 0. The van der Waals surface area contributed by atoms with Crippen molar-refractivity contribution in [1.82, 2.24) is 9.38 Å². The summed E-state index contributed by atoms with van der Waals surface area (Å²) in [5.74, 6) is 0.848. The molecule has 2 aromatic heterocycles. The van der Waals surface area contributed by atoms with E-state index in [1.54, 1.807) is 7.11 Å². The number of nitrogens with zero attached hydrogens (tertiary/aromatic N) is 2. The summed E-state index contributed by atoms with van der Waals surface area (Å²) in [5.41, 5.74) is 4.23. The highest BCUT2D eigenvalue weighted by molar-refractivity contribution is 5.50. The fourth-order valence-electron chi connectivity index (χ4n) is 2.22. The van der Waals surface area contributed by atoms with Crippen molar-refractivity contribution in [2.45, 2.75) is 13.5 Å². The summed E-state index contributed by atoms with van der Waals surface area (Å²) in [7, 11) is 1.67. The van der Waals surface area contributed by atoms with E-state index in [2.05, 4.69) is 33.9 Å². The van der Waals surface area contributed by atoms with Crippen LogP contribution in [0.2, 0.25) is 0 Å². The second-order valence-corrected chi connectivity index (χ2v) is 4.74. The molecule has 4 heteroatoms. The van der Waals surface area contributed by atoms with Crippen molar-refractivity contribution in [3.05, 3.63) is 60.0 Å². The Morgan fingerprint density at radius 2 is 2.15 bits per heavy atom. The van der Waals surface area contributed by atoms with Crippen molar-refractivity contribution in [2.75, 3.05) is 12.4 Å². The molecule has 1 aromatic carbocycles. The normalized spacial score (nSPS) is 10.7. The monoisotopic (exact) mass is 267 g/mol. The Labute approximate surface area is 118 Å². The molecule has 20 heavy (non-hydrogen) atoms. The summed E-state index contributed by atoms with van der Waals surface area (Å²) < 4.78 is 7.26. The standard InChI is InChI=1S/C16H17N3O/c1-12-5-4-8-19-11-14(18-16(12)19)10-17-13-6-3-7-15(9-13)20-2/h3-9,11,17H,10H2,1-2H3. The topological polar surface area (TPSA) is 38.6 Å². The molecular weight excluding hydrogens is 250 g/mol. The molecule has 0 saturated carbocycles. The van der Waals surface area contributed by atoms with Gasteiger partial charge in [-0.2, -0.15) is 0 Å². The van der Waals surface area contributed by atoms with Crippen molar-refractivity contribution >= 4 is 11.3 Å². The van der Waals surface area contributed by atoms with E-state index >= 15 is 0 Å². The molecule has 3 aromatic rings. The number of imidazole rings is 1. The molecule has 0 aliphatic carbocycles. The number of methoxy groups -OCH3 is 1. The van der Waals surface area contributed by atoms with Crippen molar-refractivity contribution in [2.24, 2.45) is 0 Å². The number of pyridine rings is 1. The van der Waals surface area contributed by atoms with E-state index in [4.69, 9.17) is 4.74 Å². The van der Waals surface area contributed by atoms with E-state index in [9.17, 15) is 0 Å². The molecule has 0 amide bonds. The molecule has 4 nitrogen and oxygen atoms in total. The average Bonchev–Trinajstić information content (AvgIpc) is 2.90. The van der Waals surface area contributed by atoms with E-state index in [0.717, 1.165) is 22.8 Å². The van der Waals surface area contributed by atoms with E-state index < -0.39 is 0 Å². The molecule has 0 spiro atoms. The first kappa shape index (κ1) is 12.5. The molecule has 0 saturated heterocycles. The average molecular weight is 267 g/mol. The zero-order valence-electron chi connectivity index (χ0n) is 11.6. The zero-order chi connectivity index (χ0) is 13.9. The van der Waals surface area contributed by atoms with E-state index in [1.165, 1.54) is 5.56 Å². The molecular formula is C16H17N3O. The number of ether oxygens (including phenoxy) is 1. The fourth-order valence-corrected chi connectivity index (χ4v) is 2.22. The van der Waals surface area contributed by atoms with Crippen LogP contribution < -0.4 is 10.1 Å². The first-order valence-electron chi connectivity index (χ1n) is 6.57. The lowest BCUT2D eigenvalue weighted by Gasteiger charge is -2.06. The molecule has 0 bridgehead atoms. The highest BCUT2D eigenvalue weighted by Crippen LogP contribution is 2.17. The van der Waals surface area contributed by atoms with Crippen LogP contribution in [0.1, 0.15) is 11.3 Å². The summed E-state index contributed by atoms with van der Waals surface area (Å²) in [6.45, 7) is 2.76. The van der Waals surface area contributed by atoms with Gasteiger partial charge in [0.1, 0.15) is 11.4 Å². The molecule has 3 rings (SSSR count). The highest BCUT2D eigenvalue weighted by atomic mass is 16.5. The van der Waals surface area contributed by atoms with Crippen molar-refractivity contribution in [3.8, 4) is 5.75 Å². The van der Waals surface area contributed by atoms with Crippen molar-refractivity contribution < 1.29 is 4.74 Å². The van der Waals surface area contributed by atoms with Crippen LogP contribution in [0.25, 0.3) is 5.65 Å². The van der Waals surface area contributed by atoms with Crippen LogP contribution >= 0.6 is 0 Å². The number of rotatable bonds is 4. The summed E-state index contributed by atoms with van der Waals surface area (Å²) in [6, 6.07) is 12.0. The summed E-state index contributed by atoms with van der Waals surface area (Å²) in [5, 5.41) is 3.36. The number of aryl methyl sites for hydroxylation is 1. The number of hydrogen-bond acceptors (Lipinski definition) is 3. The Morgan fingerprint density at radius 1 is 1.25 bits per heavy atom. The Morgan fingerprint density at radius 3 is 2.95 bits per heavy atom. The van der Waals surface area contributed by atoms with Crippen LogP contribution in [-0.4, -0.2) is 16.5 Å². The van der Waals surface area contributed by atoms with Gasteiger partial charge in [-0.25, -0.2) is 4.98 Å². The van der Waals surface area contributed by atoms with Crippen LogP contribution in [0.5, 0.6) is 5.75 Å². The van der Waals surface area contributed by atoms with E-state index in [0.29, 0.717) is 6.54 Å². The Balaban J connectivity index is 1.78. The molecule has 0 radical (unpaired) electrons. The van der Waals surface area contributed by atoms with Gasteiger partial charge in [0.25, 0.3) is 0 Å². The molecule has 102 valence electrons. The predicted octanol–water partition coefficient (Wildman–Crippen LogP) is 3.26. The number of nitrogens with one attached hydrogen (secondary N) is 1. The first-order valence-corrected chi connectivity index (χ1v) is 6.57. The Kier molecular flexibility index (Phi) is 3.29. The summed E-state index contributed by atoms with van der Waals surface area (Å²) in [4.78, 5) is 4.64. The van der Waals surface area contributed by atoms with Gasteiger partial charge in [0.2, 0.25) is 0 Å². The van der Waals surface area contributed by atoms with Gasteiger partial charge in [0.05, 0.1) is 19.3 Å². The largest absolute Gasteiger partial charge is 0.497 e. The number of hydrogen-bond donors (Lipinski definition) is 1. The van der Waals surface area contributed by atoms with Gasteiger partial charge >= 0.3 is 0 Å². The predicted molar refractivity (Wildman–Crippen MR) is 80.2 cm³/mol. The molecule has 0 unspecified atom stereocenters. The van der Waals surface area contributed by atoms with Gasteiger partial charge in [-0.1, -0.05) is 12.1 Å². The van der Waals surface area contributed by atoms with Gasteiger partial charge in [0.15, 0.2) is 0 Å². The molecule has 1 N–H and O–H groups in total. The van der Waals surface area contributed by atoms with Gasteiger partial charge < -0.3 is 14.5 Å². The Hall–Kier alpha value is -2.49. The summed E-state index contributed by atoms with van der Waals surface area (Å²) in [6.07, 6.45) is 4.07. The third-order valence-electron chi connectivity index (χ3n) is 3.27. The lowest BCUT2D eigenvalue weighted by Crippen LogP contribution is -1.99. The van der Waals surface area contributed by atoms with Crippen LogP contribution in [0.3, 0.4) is 0 Å². The second-order valence-electron chi connectivity index (χ2n) is 4.74. The quantitative estimate of drug-likeness (QED) is 0.788. The van der Waals surface area contributed by atoms with Gasteiger partial charge in [-0.3, -0.25) is 0 Å². The zero-order valence-corrected chi connectivity index (χ0v) is 11.6. The van der Waals surface area contributed by atoms with E-state index in [-0.39, 0.29) is 0 Å². The maximum atomic E-state index is 5.21. The minimum absolute atomic E-state index is 0.689. The highest BCUT2D eigenvalue weighted by Gasteiger charge is 2.03. The molecule has 0 aliphatic heterocycles. The lowest BCUT2D eigenvalue weighted by molar-refractivity contribution is 0.415. The smallest absolute Gasteiger partial charge is 0.140 e. The maximum absolute atomic E-state index is 5.21. The van der Waals surface area contributed by atoms with E-state index in [1.807, 2.05) is 36.5 Å². The lowest BCUT2D eigenvalue weighted by atomic mass is 10.3. The minimum Gasteiger partial charge on any atom is -0.497 e. The van der Waals surface area contributed by atoms with Crippen LogP contribution in [0, 0.1) is 6.92 Å².